The second-order valence-electron chi connectivity index (χ2n) is 5.69. The second-order valence-corrected chi connectivity index (χ2v) is 6.64. The number of thioether (sulfide) groups is 1. The first-order valence-electron chi connectivity index (χ1n) is 7.65. The number of benzene rings is 1. The summed E-state index contributed by atoms with van der Waals surface area (Å²) in [5, 5.41) is 3.90. The number of hydrogen-bond acceptors (Lipinski definition) is 3. The molecule has 1 aromatic heterocycles. The zero-order valence-electron chi connectivity index (χ0n) is 12.7. The number of likely N-dealkylation sites (tertiary alicyclic amines) is 1. The molecule has 1 aliphatic rings. The van der Waals surface area contributed by atoms with Gasteiger partial charge in [-0.3, -0.25) is 4.79 Å². The number of para-hydroxylation sites is 1. The van der Waals surface area contributed by atoms with Crippen molar-refractivity contribution in [3.63, 3.8) is 0 Å². The van der Waals surface area contributed by atoms with Crippen LogP contribution >= 0.6 is 11.8 Å². The van der Waals surface area contributed by atoms with Gasteiger partial charge in [-0.25, -0.2) is 0 Å². The lowest BCUT2D eigenvalue weighted by Crippen LogP contribution is -2.39. The Labute approximate surface area is 134 Å². The lowest BCUT2D eigenvalue weighted by molar-refractivity contribution is -0.694. The number of rotatable bonds is 4. The Morgan fingerprint density at radius 3 is 2.82 bits per heavy atom. The van der Waals surface area contributed by atoms with Crippen LogP contribution in [0.15, 0.2) is 41.8 Å². The summed E-state index contributed by atoms with van der Waals surface area (Å²) in [6.45, 7) is 4.03. The van der Waals surface area contributed by atoms with Crippen LogP contribution < -0.4 is 4.68 Å². The third-order valence-electron chi connectivity index (χ3n) is 4.03. The summed E-state index contributed by atoms with van der Waals surface area (Å²) in [5.74, 6) is 1.38. The van der Waals surface area contributed by atoms with Crippen LogP contribution in [0.1, 0.15) is 19.8 Å². The number of piperidine rings is 1. The summed E-state index contributed by atoms with van der Waals surface area (Å²) < 4.78 is 1.90. The van der Waals surface area contributed by atoms with Crippen LogP contribution in [-0.2, 0) is 4.79 Å². The maximum Gasteiger partial charge on any atom is 0.385 e. The van der Waals surface area contributed by atoms with Crippen LogP contribution in [-0.4, -0.2) is 39.7 Å². The molecule has 1 aromatic carbocycles. The number of aromatic nitrogens is 3. The molecule has 1 saturated heterocycles. The third-order valence-corrected chi connectivity index (χ3v) is 4.97. The van der Waals surface area contributed by atoms with Crippen molar-refractivity contribution in [1.29, 1.82) is 0 Å². The Morgan fingerprint density at radius 2 is 2.09 bits per heavy atom. The fourth-order valence-corrected chi connectivity index (χ4v) is 3.44. The third kappa shape index (κ3) is 3.50. The topological polar surface area (TPSA) is 52.9 Å². The van der Waals surface area contributed by atoms with Gasteiger partial charge in [0.15, 0.2) is 5.69 Å². The quantitative estimate of drug-likeness (QED) is 0.693. The highest BCUT2D eigenvalue weighted by atomic mass is 32.2. The van der Waals surface area contributed by atoms with E-state index in [1.165, 1.54) is 11.8 Å². The monoisotopic (exact) mass is 317 g/mol. The molecular formula is C16H21N4OS+. The molecule has 3 rings (SSSR count). The van der Waals surface area contributed by atoms with Gasteiger partial charge in [0, 0.05) is 13.1 Å². The summed E-state index contributed by atoms with van der Waals surface area (Å²) in [6, 6.07) is 9.97. The number of nitrogens with zero attached hydrogens (tertiary/aromatic N) is 3. The zero-order valence-corrected chi connectivity index (χ0v) is 13.6. The molecule has 5 nitrogen and oxygen atoms in total. The van der Waals surface area contributed by atoms with Gasteiger partial charge in [-0.05, 0) is 47.6 Å². The van der Waals surface area contributed by atoms with E-state index in [4.69, 9.17) is 0 Å². The maximum absolute atomic E-state index is 12.3. The van der Waals surface area contributed by atoms with E-state index >= 15 is 0 Å². The van der Waals surface area contributed by atoms with E-state index in [0.29, 0.717) is 5.75 Å². The van der Waals surface area contributed by atoms with Gasteiger partial charge < -0.3 is 4.90 Å². The van der Waals surface area contributed by atoms with E-state index in [2.05, 4.69) is 17.0 Å². The summed E-state index contributed by atoms with van der Waals surface area (Å²) in [6.07, 6.45) is 3.88. The predicted molar refractivity (Wildman–Crippen MR) is 85.8 cm³/mol. The lowest BCUT2D eigenvalue weighted by Gasteiger charge is -2.30. The van der Waals surface area contributed by atoms with Crippen molar-refractivity contribution in [1.82, 2.24) is 15.0 Å². The molecule has 0 atom stereocenters. The molecule has 0 radical (unpaired) electrons. The smallest absolute Gasteiger partial charge is 0.342 e. The number of H-pyrrole nitrogens is 1. The first kappa shape index (κ1) is 15.1. The summed E-state index contributed by atoms with van der Waals surface area (Å²) in [5.41, 5.74) is 1.02. The molecule has 1 N–H and O–H groups in total. The SMILES string of the molecule is CC1CCN(C(=O)CSc2nc[nH][n+]2-c2ccccc2)CC1. The highest BCUT2D eigenvalue weighted by molar-refractivity contribution is 7.99. The average molecular weight is 317 g/mol. The largest absolute Gasteiger partial charge is 0.385 e. The fourth-order valence-electron chi connectivity index (χ4n) is 2.59. The maximum atomic E-state index is 12.3. The predicted octanol–water partition coefficient (Wildman–Crippen LogP) is 2.04. The highest BCUT2D eigenvalue weighted by Crippen LogP contribution is 2.18. The summed E-state index contributed by atoms with van der Waals surface area (Å²) in [7, 11) is 0. The minimum Gasteiger partial charge on any atom is -0.342 e. The average Bonchev–Trinajstić information content (AvgIpc) is 3.02. The number of amides is 1. The molecular weight excluding hydrogens is 296 g/mol. The number of nitrogens with one attached hydrogen (secondary N) is 1. The van der Waals surface area contributed by atoms with Crippen molar-refractivity contribution in [3.8, 4) is 5.69 Å². The zero-order chi connectivity index (χ0) is 15.4. The van der Waals surface area contributed by atoms with Gasteiger partial charge in [0.1, 0.15) is 0 Å². The Kier molecular flexibility index (Phi) is 4.77. The number of hydrogen-bond donors (Lipinski definition) is 1. The van der Waals surface area contributed by atoms with Crippen LogP contribution in [0.25, 0.3) is 5.69 Å². The Hall–Kier alpha value is -1.82. The lowest BCUT2D eigenvalue weighted by atomic mass is 9.99. The minimum atomic E-state index is 0.208. The van der Waals surface area contributed by atoms with Crippen LogP contribution in [0.4, 0.5) is 0 Å². The molecule has 0 spiro atoms. The van der Waals surface area contributed by atoms with E-state index in [0.717, 1.165) is 42.7 Å². The molecule has 0 aliphatic carbocycles. The van der Waals surface area contributed by atoms with Crippen LogP contribution in [0.5, 0.6) is 0 Å². The first-order valence-corrected chi connectivity index (χ1v) is 8.64. The molecule has 116 valence electrons. The molecule has 6 heteroatoms. The fraction of sp³-hybridized carbons (Fsp3) is 0.438. The Bertz CT molecular complexity index is 620. The van der Waals surface area contributed by atoms with Gasteiger partial charge in [0.2, 0.25) is 12.2 Å². The number of carbonyl (C=O) groups excluding carboxylic acids is 1. The molecule has 1 aliphatic heterocycles. The molecule has 1 amide bonds. The van der Waals surface area contributed by atoms with Gasteiger partial charge in [-0.2, -0.15) is 5.10 Å². The Balaban J connectivity index is 1.61. The van der Waals surface area contributed by atoms with Gasteiger partial charge in [-0.15, -0.1) is 4.68 Å². The molecule has 22 heavy (non-hydrogen) atoms. The van der Waals surface area contributed by atoms with E-state index in [-0.39, 0.29) is 5.91 Å². The highest BCUT2D eigenvalue weighted by Gasteiger charge is 2.23. The van der Waals surface area contributed by atoms with Gasteiger partial charge in [0.25, 0.3) is 0 Å². The molecule has 0 unspecified atom stereocenters. The van der Waals surface area contributed by atoms with Crippen molar-refractivity contribution in [2.24, 2.45) is 5.92 Å². The van der Waals surface area contributed by atoms with Crippen molar-refractivity contribution >= 4 is 17.7 Å². The summed E-state index contributed by atoms with van der Waals surface area (Å²) >= 11 is 1.48. The molecule has 2 heterocycles. The van der Waals surface area contributed by atoms with E-state index in [1.807, 2.05) is 39.9 Å². The van der Waals surface area contributed by atoms with Crippen molar-refractivity contribution in [2.75, 3.05) is 18.8 Å². The van der Waals surface area contributed by atoms with E-state index in [1.54, 1.807) is 6.33 Å². The van der Waals surface area contributed by atoms with Crippen molar-refractivity contribution in [3.05, 3.63) is 36.7 Å². The van der Waals surface area contributed by atoms with Crippen molar-refractivity contribution < 1.29 is 9.48 Å². The van der Waals surface area contributed by atoms with Crippen molar-refractivity contribution in [2.45, 2.75) is 24.9 Å². The van der Waals surface area contributed by atoms with Crippen LogP contribution in [0, 0.1) is 5.92 Å². The van der Waals surface area contributed by atoms with Crippen LogP contribution in [0.2, 0.25) is 0 Å². The Morgan fingerprint density at radius 1 is 1.36 bits per heavy atom. The number of carbonyl (C=O) groups is 1. The van der Waals surface area contributed by atoms with E-state index < -0.39 is 0 Å². The normalized spacial score (nSPS) is 16.0. The second kappa shape index (κ2) is 6.96. The molecule has 1 fully saturated rings. The van der Waals surface area contributed by atoms with E-state index in [9.17, 15) is 4.79 Å². The summed E-state index contributed by atoms with van der Waals surface area (Å²) in [4.78, 5) is 18.6. The number of aromatic amines is 1. The van der Waals surface area contributed by atoms with Gasteiger partial charge >= 0.3 is 5.16 Å². The van der Waals surface area contributed by atoms with Crippen LogP contribution in [0.3, 0.4) is 0 Å². The molecule has 0 saturated carbocycles. The standard InChI is InChI=1S/C16H20N4OS/c1-13-7-9-19(10-8-13)15(21)11-22-16-17-12-18-20(16)14-5-3-2-4-6-14/h2-6,12-13H,7-11H2,1H3/p+1. The molecule has 0 bridgehead atoms. The van der Waals surface area contributed by atoms with Gasteiger partial charge in [0.05, 0.1) is 5.75 Å². The molecule has 2 aromatic rings. The first-order chi connectivity index (χ1) is 10.7. The minimum absolute atomic E-state index is 0.208. The van der Waals surface area contributed by atoms with Gasteiger partial charge in [-0.1, -0.05) is 25.1 Å².